The summed E-state index contributed by atoms with van der Waals surface area (Å²) in [5, 5.41) is 0.963. The molecule has 1 amide bonds. The zero-order chi connectivity index (χ0) is 14.8. The Morgan fingerprint density at radius 1 is 1.48 bits per heavy atom. The van der Waals surface area contributed by atoms with Crippen LogP contribution in [0.2, 0.25) is 0 Å². The van der Waals surface area contributed by atoms with Crippen LogP contribution in [0.1, 0.15) is 12.5 Å². The lowest BCUT2D eigenvalue weighted by atomic mass is 10.1. The fourth-order valence-electron chi connectivity index (χ4n) is 2.69. The highest BCUT2D eigenvalue weighted by atomic mass is 16.5. The molecule has 21 heavy (non-hydrogen) atoms. The van der Waals surface area contributed by atoms with Gasteiger partial charge in [0.2, 0.25) is 5.91 Å². The van der Waals surface area contributed by atoms with E-state index in [4.69, 9.17) is 13.9 Å². The van der Waals surface area contributed by atoms with Crippen LogP contribution >= 0.6 is 0 Å². The molecule has 0 bridgehead atoms. The van der Waals surface area contributed by atoms with Crippen LogP contribution in [0, 0.1) is 0 Å². The van der Waals surface area contributed by atoms with Gasteiger partial charge < -0.3 is 18.8 Å². The molecular formula is C16H19NO4. The molecule has 1 aliphatic rings. The number of furan rings is 1. The summed E-state index contributed by atoms with van der Waals surface area (Å²) in [7, 11) is 1.62. The number of carbonyl (C=O) groups is 1. The standard InChI is InChI=1S/C16H19NO4/c1-11-9-20-6-5-17(11)16(18)7-12-10-21-15-8-13(19-2)3-4-14(12)15/h3-4,8,10-11H,5-7,9H2,1-2H3/t11-/m1/s1. The smallest absolute Gasteiger partial charge is 0.227 e. The summed E-state index contributed by atoms with van der Waals surface area (Å²) in [5.74, 6) is 0.862. The number of amides is 1. The van der Waals surface area contributed by atoms with E-state index >= 15 is 0 Å². The first-order chi connectivity index (χ1) is 10.2. The Morgan fingerprint density at radius 3 is 3.10 bits per heavy atom. The van der Waals surface area contributed by atoms with Gasteiger partial charge in [-0.2, -0.15) is 0 Å². The third kappa shape index (κ3) is 2.74. The Bertz CT molecular complexity index is 649. The summed E-state index contributed by atoms with van der Waals surface area (Å²) >= 11 is 0. The van der Waals surface area contributed by atoms with Crippen molar-refractivity contribution in [3.63, 3.8) is 0 Å². The van der Waals surface area contributed by atoms with Gasteiger partial charge in [0.25, 0.3) is 0 Å². The van der Waals surface area contributed by atoms with E-state index in [1.165, 1.54) is 0 Å². The van der Waals surface area contributed by atoms with Crippen molar-refractivity contribution in [1.29, 1.82) is 0 Å². The molecule has 1 saturated heterocycles. The second-order valence-corrected chi connectivity index (χ2v) is 5.31. The number of morpholine rings is 1. The van der Waals surface area contributed by atoms with E-state index in [0.717, 1.165) is 22.3 Å². The molecule has 0 aliphatic carbocycles. The highest BCUT2D eigenvalue weighted by molar-refractivity contribution is 5.88. The topological polar surface area (TPSA) is 51.9 Å². The molecule has 1 atom stereocenters. The molecule has 1 aromatic carbocycles. The number of hydrogen-bond acceptors (Lipinski definition) is 4. The van der Waals surface area contributed by atoms with Crippen molar-refractivity contribution in [2.45, 2.75) is 19.4 Å². The first-order valence-corrected chi connectivity index (χ1v) is 7.10. The molecule has 1 aliphatic heterocycles. The van der Waals surface area contributed by atoms with Gasteiger partial charge in [-0.25, -0.2) is 0 Å². The van der Waals surface area contributed by atoms with Crippen molar-refractivity contribution in [1.82, 2.24) is 4.90 Å². The fourth-order valence-corrected chi connectivity index (χ4v) is 2.69. The van der Waals surface area contributed by atoms with Crippen molar-refractivity contribution >= 4 is 16.9 Å². The van der Waals surface area contributed by atoms with Gasteiger partial charge in [-0.05, 0) is 19.1 Å². The molecule has 0 unspecified atom stereocenters. The number of fused-ring (bicyclic) bond motifs is 1. The maximum absolute atomic E-state index is 12.4. The van der Waals surface area contributed by atoms with Gasteiger partial charge in [-0.1, -0.05) is 0 Å². The summed E-state index contributed by atoms with van der Waals surface area (Å²) in [4.78, 5) is 14.3. The lowest BCUT2D eigenvalue weighted by Crippen LogP contribution is -2.47. The molecule has 3 rings (SSSR count). The average molecular weight is 289 g/mol. The van der Waals surface area contributed by atoms with Crippen molar-refractivity contribution in [2.75, 3.05) is 26.9 Å². The normalized spacial score (nSPS) is 19.0. The van der Waals surface area contributed by atoms with E-state index in [9.17, 15) is 4.79 Å². The number of nitrogens with zero attached hydrogens (tertiary/aromatic N) is 1. The van der Waals surface area contributed by atoms with E-state index in [1.807, 2.05) is 30.0 Å². The van der Waals surface area contributed by atoms with Crippen LogP contribution in [0.3, 0.4) is 0 Å². The molecular weight excluding hydrogens is 270 g/mol. The van der Waals surface area contributed by atoms with Crippen LogP contribution in [0.15, 0.2) is 28.9 Å². The van der Waals surface area contributed by atoms with E-state index in [2.05, 4.69) is 0 Å². The van der Waals surface area contributed by atoms with Crippen molar-refractivity contribution in [3.05, 3.63) is 30.0 Å². The first kappa shape index (κ1) is 13.9. The fraction of sp³-hybridized carbons (Fsp3) is 0.438. The molecule has 2 aromatic rings. The molecule has 0 radical (unpaired) electrons. The number of hydrogen-bond donors (Lipinski definition) is 0. The Morgan fingerprint density at radius 2 is 2.33 bits per heavy atom. The van der Waals surface area contributed by atoms with E-state index in [0.29, 0.717) is 26.2 Å². The lowest BCUT2D eigenvalue weighted by Gasteiger charge is -2.33. The molecule has 0 N–H and O–H groups in total. The van der Waals surface area contributed by atoms with E-state index in [1.54, 1.807) is 13.4 Å². The minimum Gasteiger partial charge on any atom is -0.497 e. The number of ether oxygens (including phenoxy) is 2. The molecule has 1 aromatic heterocycles. The highest BCUT2D eigenvalue weighted by Crippen LogP contribution is 2.26. The Kier molecular flexibility index (Phi) is 3.84. The van der Waals surface area contributed by atoms with Gasteiger partial charge in [-0.15, -0.1) is 0 Å². The third-order valence-corrected chi connectivity index (χ3v) is 3.89. The second kappa shape index (κ2) is 5.77. The maximum Gasteiger partial charge on any atom is 0.227 e. The van der Waals surface area contributed by atoms with Gasteiger partial charge in [-0.3, -0.25) is 4.79 Å². The first-order valence-electron chi connectivity index (χ1n) is 7.10. The predicted molar refractivity (Wildman–Crippen MR) is 78.5 cm³/mol. The average Bonchev–Trinajstić information content (AvgIpc) is 2.89. The summed E-state index contributed by atoms with van der Waals surface area (Å²) < 4.78 is 16.1. The van der Waals surface area contributed by atoms with Gasteiger partial charge >= 0.3 is 0 Å². The van der Waals surface area contributed by atoms with Crippen LogP contribution < -0.4 is 4.74 Å². The van der Waals surface area contributed by atoms with Crippen LogP contribution in [-0.2, 0) is 16.0 Å². The van der Waals surface area contributed by atoms with Gasteiger partial charge in [0.15, 0.2) is 0 Å². The summed E-state index contributed by atoms with van der Waals surface area (Å²) in [6.45, 7) is 3.88. The molecule has 0 saturated carbocycles. The van der Waals surface area contributed by atoms with Gasteiger partial charge in [0.1, 0.15) is 11.3 Å². The van der Waals surface area contributed by atoms with Crippen LogP contribution in [-0.4, -0.2) is 43.7 Å². The molecule has 1 fully saturated rings. The SMILES string of the molecule is COc1ccc2c(CC(=O)N3CCOC[C@H]3C)coc2c1. The van der Waals surface area contributed by atoms with Crippen LogP contribution in [0.4, 0.5) is 0 Å². The Labute approximate surface area is 123 Å². The summed E-state index contributed by atoms with van der Waals surface area (Å²) in [6.07, 6.45) is 2.01. The third-order valence-electron chi connectivity index (χ3n) is 3.89. The van der Waals surface area contributed by atoms with Crippen LogP contribution in [0.5, 0.6) is 5.75 Å². The zero-order valence-electron chi connectivity index (χ0n) is 12.3. The number of benzene rings is 1. The quantitative estimate of drug-likeness (QED) is 0.869. The van der Waals surface area contributed by atoms with Crippen molar-refractivity contribution in [3.8, 4) is 5.75 Å². The Hall–Kier alpha value is -2.01. The molecule has 2 heterocycles. The summed E-state index contributed by atoms with van der Waals surface area (Å²) in [6, 6.07) is 5.77. The largest absolute Gasteiger partial charge is 0.497 e. The Balaban J connectivity index is 1.79. The van der Waals surface area contributed by atoms with Crippen LogP contribution in [0.25, 0.3) is 11.0 Å². The van der Waals surface area contributed by atoms with Crippen molar-refractivity contribution in [2.24, 2.45) is 0 Å². The van der Waals surface area contributed by atoms with E-state index < -0.39 is 0 Å². The summed E-state index contributed by atoms with van der Waals surface area (Å²) in [5.41, 5.74) is 1.66. The lowest BCUT2D eigenvalue weighted by molar-refractivity contribution is -0.138. The number of methoxy groups -OCH3 is 1. The second-order valence-electron chi connectivity index (χ2n) is 5.31. The maximum atomic E-state index is 12.4. The van der Waals surface area contributed by atoms with Crippen molar-refractivity contribution < 1.29 is 18.7 Å². The molecule has 5 nitrogen and oxygen atoms in total. The minimum atomic E-state index is 0.115. The van der Waals surface area contributed by atoms with Gasteiger partial charge in [0.05, 0.1) is 39.0 Å². The molecule has 5 heteroatoms. The molecule has 0 spiro atoms. The number of carbonyl (C=O) groups excluding carboxylic acids is 1. The monoisotopic (exact) mass is 289 g/mol. The molecule has 112 valence electrons. The minimum absolute atomic E-state index is 0.115. The predicted octanol–water partition coefficient (Wildman–Crippen LogP) is 2.23. The number of rotatable bonds is 3. The van der Waals surface area contributed by atoms with Gasteiger partial charge in [0, 0.05) is 23.6 Å². The zero-order valence-corrected chi connectivity index (χ0v) is 12.3. The highest BCUT2D eigenvalue weighted by Gasteiger charge is 2.24. The van der Waals surface area contributed by atoms with E-state index in [-0.39, 0.29) is 11.9 Å².